The Labute approximate surface area is 136 Å². The summed E-state index contributed by atoms with van der Waals surface area (Å²) >= 11 is 3.42. The number of ether oxygens (including phenoxy) is 1. The molecule has 112 valence electrons. The van der Waals surface area contributed by atoms with E-state index in [1.807, 2.05) is 42.6 Å². The highest BCUT2D eigenvalue weighted by molar-refractivity contribution is 9.10. The summed E-state index contributed by atoms with van der Waals surface area (Å²) in [6.07, 6.45) is 1.81. The largest absolute Gasteiger partial charge is 0.496 e. The van der Waals surface area contributed by atoms with E-state index < -0.39 is 0 Å². The minimum atomic E-state index is -0.217. The van der Waals surface area contributed by atoms with Crippen LogP contribution in [0.4, 0.5) is 0 Å². The van der Waals surface area contributed by atoms with Crippen molar-refractivity contribution in [2.45, 2.75) is 6.54 Å². The van der Waals surface area contributed by atoms with Crippen molar-refractivity contribution in [3.05, 3.63) is 64.4 Å². The average molecular weight is 360 g/mol. The Morgan fingerprint density at radius 1 is 1.32 bits per heavy atom. The molecule has 0 fully saturated rings. The second-order valence-corrected chi connectivity index (χ2v) is 5.65. The van der Waals surface area contributed by atoms with Crippen molar-refractivity contribution >= 4 is 27.4 Å². The first kappa shape index (κ1) is 14.6. The summed E-state index contributed by atoms with van der Waals surface area (Å²) in [6.45, 7) is 0.370. The summed E-state index contributed by atoms with van der Waals surface area (Å²) < 4.78 is 7.91. The number of carbonyl (C=O) groups excluding carboxylic acids is 1. The van der Waals surface area contributed by atoms with E-state index in [9.17, 15) is 4.79 Å². The Hall–Kier alpha value is -2.34. The van der Waals surface area contributed by atoms with Gasteiger partial charge in [0, 0.05) is 22.8 Å². The van der Waals surface area contributed by atoms with Gasteiger partial charge in [-0.3, -0.25) is 4.79 Å². The molecule has 0 unspecified atom stereocenters. The van der Waals surface area contributed by atoms with Gasteiger partial charge < -0.3 is 10.1 Å². The summed E-state index contributed by atoms with van der Waals surface area (Å²) in [4.78, 5) is 12.2. The molecular formula is C16H14BrN3O2. The van der Waals surface area contributed by atoms with Crippen LogP contribution < -0.4 is 10.1 Å². The number of hydrogen-bond donors (Lipinski definition) is 1. The maximum absolute atomic E-state index is 12.2. The zero-order valence-corrected chi connectivity index (χ0v) is 13.5. The average Bonchev–Trinajstić information content (AvgIpc) is 2.97. The Bertz CT molecular complexity index is 796. The molecule has 0 aliphatic heterocycles. The molecule has 2 aromatic heterocycles. The third-order valence-electron chi connectivity index (χ3n) is 3.28. The highest BCUT2D eigenvalue weighted by Crippen LogP contribution is 2.22. The van der Waals surface area contributed by atoms with Gasteiger partial charge in [-0.2, -0.15) is 5.10 Å². The van der Waals surface area contributed by atoms with Gasteiger partial charge in [-0.1, -0.05) is 22.0 Å². The molecule has 5 nitrogen and oxygen atoms in total. The Morgan fingerprint density at radius 3 is 2.95 bits per heavy atom. The smallest absolute Gasteiger partial charge is 0.272 e. The van der Waals surface area contributed by atoms with Crippen LogP contribution in [0.25, 0.3) is 5.52 Å². The first-order valence-corrected chi connectivity index (χ1v) is 7.52. The molecule has 3 aromatic rings. The van der Waals surface area contributed by atoms with E-state index in [2.05, 4.69) is 26.3 Å². The lowest BCUT2D eigenvalue weighted by molar-refractivity contribution is 0.0945. The van der Waals surface area contributed by atoms with Gasteiger partial charge in [-0.25, -0.2) is 4.52 Å². The van der Waals surface area contributed by atoms with E-state index in [0.717, 1.165) is 21.3 Å². The normalized spacial score (nSPS) is 10.6. The predicted molar refractivity (Wildman–Crippen MR) is 87.1 cm³/mol. The summed E-state index contributed by atoms with van der Waals surface area (Å²) in [6, 6.07) is 13.1. The second kappa shape index (κ2) is 6.19. The number of aromatic nitrogens is 2. The van der Waals surface area contributed by atoms with Crippen LogP contribution in [0.3, 0.4) is 0 Å². The standard InChI is InChI=1S/C16H14BrN3O2/c1-22-15-6-5-12(17)8-11(15)10-18-16(21)14-9-13-4-2-3-7-20(13)19-14/h2-9H,10H2,1H3,(H,18,21). The molecule has 1 amide bonds. The van der Waals surface area contributed by atoms with Crippen LogP contribution in [0, 0.1) is 0 Å². The fraction of sp³-hybridized carbons (Fsp3) is 0.125. The van der Waals surface area contributed by atoms with Gasteiger partial charge in [-0.05, 0) is 36.4 Å². The zero-order chi connectivity index (χ0) is 15.5. The Kier molecular flexibility index (Phi) is 4.11. The van der Waals surface area contributed by atoms with Gasteiger partial charge in [-0.15, -0.1) is 0 Å². The van der Waals surface area contributed by atoms with E-state index in [-0.39, 0.29) is 5.91 Å². The monoisotopic (exact) mass is 359 g/mol. The number of benzene rings is 1. The number of nitrogens with one attached hydrogen (secondary N) is 1. The second-order valence-electron chi connectivity index (χ2n) is 4.74. The number of hydrogen-bond acceptors (Lipinski definition) is 3. The van der Waals surface area contributed by atoms with Crippen LogP contribution in [0.5, 0.6) is 5.75 Å². The van der Waals surface area contributed by atoms with E-state index in [4.69, 9.17) is 4.74 Å². The van der Waals surface area contributed by atoms with E-state index in [1.165, 1.54) is 0 Å². The summed E-state index contributed by atoms with van der Waals surface area (Å²) in [5.41, 5.74) is 2.17. The summed E-state index contributed by atoms with van der Waals surface area (Å²) in [7, 11) is 1.61. The highest BCUT2D eigenvalue weighted by Gasteiger charge is 2.11. The number of nitrogens with zero attached hydrogens (tertiary/aromatic N) is 2. The van der Waals surface area contributed by atoms with Crippen LogP contribution in [0.1, 0.15) is 16.1 Å². The molecule has 0 aliphatic carbocycles. The van der Waals surface area contributed by atoms with Crippen molar-refractivity contribution in [3.8, 4) is 5.75 Å². The van der Waals surface area contributed by atoms with Crippen LogP contribution in [-0.4, -0.2) is 22.6 Å². The predicted octanol–water partition coefficient (Wildman–Crippen LogP) is 3.04. The van der Waals surface area contributed by atoms with Gasteiger partial charge in [0.2, 0.25) is 0 Å². The molecule has 1 aromatic carbocycles. The molecule has 0 atom stereocenters. The molecule has 0 bridgehead atoms. The van der Waals surface area contributed by atoms with E-state index in [1.54, 1.807) is 17.7 Å². The van der Waals surface area contributed by atoms with Gasteiger partial charge >= 0.3 is 0 Å². The fourth-order valence-corrected chi connectivity index (χ4v) is 2.61. The maximum atomic E-state index is 12.2. The van der Waals surface area contributed by atoms with Gasteiger partial charge in [0.1, 0.15) is 5.75 Å². The minimum Gasteiger partial charge on any atom is -0.496 e. The molecular weight excluding hydrogens is 346 g/mol. The lowest BCUT2D eigenvalue weighted by Gasteiger charge is -2.09. The number of rotatable bonds is 4. The molecule has 0 spiro atoms. The molecule has 0 saturated carbocycles. The fourth-order valence-electron chi connectivity index (χ4n) is 2.20. The van der Waals surface area contributed by atoms with Crippen LogP contribution in [0.15, 0.2) is 53.1 Å². The van der Waals surface area contributed by atoms with E-state index >= 15 is 0 Å². The van der Waals surface area contributed by atoms with Gasteiger partial charge in [0.05, 0.1) is 12.6 Å². The Balaban J connectivity index is 1.76. The van der Waals surface area contributed by atoms with Crippen molar-refractivity contribution in [2.24, 2.45) is 0 Å². The first-order chi connectivity index (χ1) is 10.7. The summed E-state index contributed by atoms with van der Waals surface area (Å²) in [5.74, 6) is 0.518. The quantitative estimate of drug-likeness (QED) is 0.778. The molecule has 22 heavy (non-hydrogen) atoms. The Morgan fingerprint density at radius 2 is 2.18 bits per heavy atom. The van der Waals surface area contributed by atoms with Gasteiger partial charge in [0.25, 0.3) is 5.91 Å². The molecule has 2 heterocycles. The van der Waals surface area contributed by atoms with Crippen molar-refractivity contribution in [1.29, 1.82) is 0 Å². The number of methoxy groups -OCH3 is 1. The number of halogens is 1. The van der Waals surface area contributed by atoms with Crippen LogP contribution >= 0.6 is 15.9 Å². The molecule has 0 radical (unpaired) electrons. The highest BCUT2D eigenvalue weighted by atomic mass is 79.9. The lowest BCUT2D eigenvalue weighted by atomic mass is 10.2. The van der Waals surface area contributed by atoms with Crippen molar-refractivity contribution in [3.63, 3.8) is 0 Å². The minimum absolute atomic E-state index is 0.217. The molecule has 0 saturated heterocycles. The summed E-state index contributed by atoms with van der Waals surface area (Å²) in [5, 5.41) is 7.11. The van der Waals surface area contributed by atoms with Crippen LogP contribution in [-0.2, 0) is 6.54 Å². The van der Waals surface area contributed by atoms with Gasteiger partial charge in [0.15, 0.2) is 5.69 Å². The number of amides is 1. The SMILES string of the molecule is COc1ccc(Br)cc1CNC(=O)c1cc2ccccn2n1. The maximum Gasteiger partial charge on any atom is 0.272 e. The van der Waals surface area contributed by atoms with E-state index in [0.29, 0.717) is 12.2 Å². The van der Waals surface area contributed by atoms with Crippen LogP contribution in [0.2, 0.25) is 0 Å². The third-order valence-corrected chi connectivity index (χ3v) is 3.78. The number of carbonyl (C=O) groups is 1. The molecule has 1 N–H and O–H groups in total. The number of pyridine rings is 1. The molecule has 6 heteroatoms. The van der Waals surface area contributed by atoms with Crippen molar-refractivity contribution in [2.75, 3.05) is 7.11 Å². The van der Waals surface area contributed by atoms with Crippen molar-refractivity contribution in [1.82, 2.24) is 14.9 Å². The zero-order valence-electron chi connectivity index (χ0n) is 11.9. The topological polar surface area (TPSA) is 55.6 Å². The first-order valence-electron chi connectivity index (χ1n) is 6.72. The molecule has 3 rings (SSSR count). The lowest BCUT2D eigenvalue weighted by Crippen LogP contribution is -2.23. The third kappa shape index (κ3) is 2.96. The molecule has 0 aliphatic rings. The van der Waals surface area contributed by atoms with Crippen molar-refractivity contribution < 1.29 is 9.53 Å². The number of fused-ring (bicyclic) bond motifs is 1.